The Kier molecular flexibility index (Phi) is 3.85. The fourth-order valence-electron chi connectivity index (χ4n) is 1.90. The van der Waals surface area contributed by atoms with Crippen molar-refractivity contribution in [1.29, 1.82) is 0 Å². The maximum absolute atomic E-state index is 12.1. The second-order valence-electron chi connectivity index (χ2n) is 4.73. The van der Waals surface area contributed by atoms with Crippen LogP contribution in [0.3, 0.4) is 0 Å². The lowest BCUT2D eigenvalue weighted by Crippen LogP contribution is -2.26. The van der Waals surface area contributed by atoms with Gasteiger partial charge < -0.3 is 11.1 Å². The zero-order valence-corrected chi connectivity index (χ0v) is 11.2. The lowest BCUT2D eigenvalue weighted by Gasteiger charge is -2.14. The summed E-state index contributed by atoms with van der Waals surface area (Å²) in [6, 6.07) is 15.1. The fourth-order valence-corrected chi connectivity index (χ4v) is 1.90. The molecule has 2 aromatic rings. The minimum Gasteiger partial charge on any atom is -0.399 e. The normalized spacial score (nSPS) is 11.9. The fraction of sp³-hybridized carbons (Fsp3) is 0.188. The molecule has 98 valence electrons. The number of nitrogen functional groups attached to an aromatic ring is 1. The van der Waals surface area contributed by atoms with Gasteiger partial charge in [0.1, 0.15) is 0 Å². The second kappa shape index (κ2) is 5.57. The van der Waals surface area contributed by atoms with Crippen LogP contribution in [-0.4, -0.2) is 5.91 Å². The summed E-state index contributed by atoms with van der Waals surface area (Å²) >= 11 is 0. The quantitative estimate of drug-likeness (QED) is 0.827. The molecular weight excluding hydrogens is 236 g/mol. The monoisotopic (exact) mass is 254 g/mol. The molecule has 0 saturated heterocycles. The minimum atomic E-state index is -0.111. The third kappa shape index (κ3) is 3.35. The van der Waals surface area contributed by atoms with E-state index in [1.54, 1.807) is 24.3 Å². The molecule has 19 heavy (non-hydrogen) atoms. The number of amides is 1. The molecule has 1 amide bonds. The van der Waals surface area contributed by atoms with Crippen LogP contribution in [0.2, 0.25) is 0 Å². The predicted octanol–water partition coefficient (Wildman–Crippen LogP) is 3.07. The molecule has 0 bridgehead atoms. The van der Waals surface area contributed by atoms with Crippen LogP contribution < -0.4 is 11.1 Å². The van der Waals surface area contributed by atoms with Crippen LogP contribution in [0, 0.1) is 6.92 Å². The van der Waals surface area contributed by atoms with E-state index in [9.17, 15) is 4.79 Å². The van der Waals surface area contributed by atoms with Gasteiger partial charge in [0.25, 0.3) is 5.91 Å². The molecule has 1 atom stereocenters. The zero-order chi connectivity index (χ0) is 13.8. The van der Waals surface area contributed by atoms with Gasteiger partial charge in [-0.3, -0.25) is 4.79 Å². The highest BCUT2D eigenvalue weighted by molar-refractivity contribution is 5.95. The molecule has 0 heterocycles. The van der Waals surface area contributed by atoms with Crippen molar-refractivity contribution in [3.05, 3.63) is 65.2 Å². The molecular formula is C16H18N2O. The SMILES string of the molecule is Cc1ccc([C@@H](C)NC(=O)c2cccc(N)c2)cc1. The molecule has 0 aliphatic rings. The summed E-state index contributed by atoms with van der Waals surface area (Å²) in [5, 5.41) is 2.96. The Morgan fingerprint density at radius 2 is 1.84 bits per heavy atom. The first-order chi connectivity index (χ1) is 9.06. The predicted molar refractivity (Wildman–Crippen MR) is 77.9 cm³/mol. The van der Waals surface area contributed by atoms with Crippen molar-refractivity contribution in [2.45, 2.75) is 19.9 Å². The highest BCUT2D eigenvalue weighted by atomic mass is 16.1. The molecule has 0 saturated carbocycles. The van der Waals surface area contributed by atoms with Crippen LogP contribution in [0.15, 0.2) is 48.5 Å². The van der Waals surface area contributed by atoms with E-state index in [4.69, 9.17) is 5.73 Å². The average Bonchev–Trinajstić information content (AvgIpc) is 2.39. The summed E-state index contributed by atoms with van der Waals surface area (Å²) in [6.45, 7) is 4.01. The Balaban J connectivity index is 2.08. The van der Waals surface area contributed by atoms with Crippen molar-refractivity contribution in [1.82, 2.24) is 5.32 Å². The van der Waals surface area contributed by atoms with E-state index in [2.05, 4.69) is 5.32 Å². The van der Waals surface area contributed by atoms with Gasteiger partial charge in [-0.15, -0.1) is 0 Å². The van der Waals surface area contributed by atoms with Crippen LogP contribution in [0.1, 0.15) is 34.5 Å². The molecule has 0 aromatic heterocycles. The molecule has 2 aromatic carbocycles. The summed E-state index contributed by atoms with van der Waals surface area (Å²) in [4.78, 5) is 12.1. The first-order valence-corrected chi connectivity index (χ1v) is 6.29. The molecule has 0 unspecified atom stereocenters. The maximum atomic E-state index is 12.1. The zero-order valence-electron chi connectivity index (χ0n) is 11.2. The molecule has 3 N–H and O–H groups in total. The van der Waals surface area contributed by atoms with Crippen LogP contribution >= 0.6 is 0 Å². The molecule has 0 aliphatic heterocycles. The van der Waals surface area contributed by atoms with Gasteiger partial charge in [0.2, 0.25) is 0 Å². The van der Waals surface area contributed by atoms with E-state index in [1.165, 1.54) is 5.56 Å². The molecule has 3 heteroatoms. The van der Waals surface area contributed by atoms with E-state index in [-0.39, 0.29) is 11.9 Å². The Hall–Kier alpha value is -2.29. The van der Waals surface area contributed by atoms with Gasteiger partial charge in [-0.1, -0.05) is 35.9 Å². The Labute approximate surface area is 113 Å². The van der Waals surface area contributed by atoms with Crippen molar-refractivity contribution in [3.63, 3.8) is 0 Å². The molecule has 0 aliphatic carbocycles. The molecule has 0 fully saturated rings. The first kappa shape index (κ1) is 13.1. The number of hydrogen-bond donors (Lipinski definition) is 2. The number of rotatable bonds is 3. The smallest absolute Gasteiger partial charge is 0.251 e. The lowest BCUT2D eigenvalue weighted by molar-refractivity contribution is 0.0940. The topological polar surface area (TPSA) is 55.1 Å². The maximum Gasteiger partial charge on any atom is 0.251 e. The summed E-state index contributed by atoms with van der Waals surface area (Å²) in [7, 11) is 0. The summed E-state index contributed by atoms with van der Waals surface area (Å²) in [5.41, 5.74) is 9.14. The van der Waals surface area contributed by atoms with Gasteiger partial charge in [-0.25, -0.2) is 0 Å². The number of benzene rings is 2. The average molecular weight is 254 g/mol. The third-order valence-electron chi connectivity index (χ3n) is 3.07. The van der Waals surface area contributed by atoms with Gasteiger partial charge in [-0.2, -0.15) is 0 Å². The minimum absolute atomic E-state index is 0.0328. The number of carbonyl (C=O) groups excluding carboxylic acids is 1. The first-order valence-electron chi connectivity index (χ1n) is 6.29. The molecule has 0 radical (unpaired) electrons. The largest absolute Gasteiger partial charge is 0.399 e. The van der Waals surface area contributed by atoms with E-state index in [0.29, 0.717) is 11.3 Å². The molecule has 0 spiro atoms. The van der Waals surface area contributed by atoms with E-state index in [1.807, 2.05) is 38.1 Å². The van der Waals surface area contributed by atoms with E-state index in [0.717, 1.165) is 5.56 Å². The number of carbonyl (C=O) groups is 1. The van der Waals surface area contributed by atoms with Gasteiger partial charge in [0.05, 0.1) is 6.04 Å². The van der Waals surface area contributed by atoms with Crippen molar-refractivity contribution >= 4 is 11.6 Å². The lowest BCUT2D eigenvalue weighted by atomic mass is 10.1. The number of aryl methyl sites for hydroxylation is 1. The van der Waals surface area contributed by atoms with Gasteiger partial charge >= 0.3 is 0 Å². The van der Waals surface area contributed by atoms with Gasteiger partial charge in [0.15, 0.2) is 0 Å². The highest BCUT2D eigenvalue weighted by Gasteiger charge is 2.11. The number of nitrogens with two attached hydrogens (primary N) is 1. The summed E-state index contributed by atoms with van der Waals surface area (Å²) in [5.74, 6) is -0.111. The molecule has 2 rings (SSSR count). The highest BCUT2D eigenvalue weighted by Crippen LogP contribution is 2.14. The Morgan fingerprint density at radius 1 is 1.16 bits per heavy atom. The van der Waals surface area contributed by atoms with Crippen molar-refractivity contribution in [2.24, 2.45) is 0 Å². The van der Waals surface area contributed by atoms with Crippen molar-refractivity contribution in [3.8, 4) is 0 Å². The van der Waals surface area contributed by atoms with Crippen LogP contribution in [0.4, 0.5) is 5.69 Å². The molecule has 3 nitrogen and oxygen atoms in total. The van der Waals surface area contributed by atoms with Crippen LogP contribution in [0.25, 0.3) is 0 Å². The van der Waals surface area contributed by atoms with E-state index >= 15 is 0 Å². The number of anilines is 1. The van der Waals surface area contributed by atoms with Crippen molar-refractivity contribution in [2.75, 3.05) is 5.73 Å². The van der Waals surface area contributed by atoms with E-state index < -0.39 is 0 Å². The van der Waals surface area contributed by atoms with Crippen molar-refractivity contribution < 1.29 is 4.79 Å². The standard InChI is InChI=1S/C16H18N2O/c1-11-6-8-13(9-7-11)12(2)18-16(19)14-4-3-5-15(17)10-14/h3-10,12H,17H2,1-2H3,(H,18,19)/t12-/m1/s1. The van der Waals surface area contributed by atoms with Crippen LogP contribution in [0.5, 0.6) is 0 Å². The number of hydrogen-bond acceptors (Lipinski definition) is 2. The third-order valence-corrected chi connectivity index (χ3v) is 3.07. The summed E-state index contributed by atoms with van der Waals surface area (Å²) < 4.78 is 0. The Morgan fingerprint density at radius 3 is 2.47 bits per heavy atom. The number of nitrogens with one attached hydrogen (secondary N) is 1. The van der Waals surface area contributed by atoms with Crippen LogP contribution in [-0.2, 0) is 0 Å². The second-order valence-corrected chi connectivity index (χ2v) is 4.73. The summed E-state index contributed by atoms with van der Waals surface area (Å²) in [6.07, 6.45) is 0. The Bertz CT molecular complexity index is 576. The van der Waals surface area contributed by atoms with Gasteiger partial charge in [0, 0.05) is 11.3 Å². The van der Waals surface area contributed by atoms with Gasteiger partial charge in [-0.05, 0) is 37.6 Å².